The monoisotopic (exact) mass is 279 g/mol. The van der Waals surface area contributed by atoms with Crippen LogP contribution in [0.2, 0.25) is 0 Å². The number of rotatable bonds is 3. The molecule has 0 saturated heterocycles. The van der Waals surface area contributed by atoms with E-state index in [2.05, 4.69) is 84.8 Å². The van der Waals surface area contributed by atoms with Gasteiger partial charge in [-0.3, -0.25) is 0 Å². The molecular formula is C18H17NS. The Kier molecular flexibility index (Phi) is 3.57. The van der Waals surface area contributed by atoms with Gasteiger partial charge in [-0.05, 0) is 54.6 Å². The van der Waals surface area contributed by atoms with Crippen LogP contribution in [0.1, 0.15) is 11.1 Å². The van der Waals surface area contributed by atoms with Gasteiger partial charge in [0.25, 0.3) is 0 Å². The first-order chi connectivity index (χ1) is 9.77. The molecule has 20 heavy (non-hydrogen) atoms. The Labute approximate surface area is 124 Å². The highest BCUT2D eigenvalue weighted by Gasteiger charge is 2.16. The van der Waals surface area contributed by atoms with Crippen LogP contribution in [-0.4, -0.2) is 0 Å². The zero-order valence-corrected chi connectivity index (χ0v) is 12.5. The molecule has 3 aromatic rings. The Morgan fingerprint density at radius 1 is 0.700 bits per heavy atom. The van der Waals surface area contributed by atoms with Crippen LogP contribution in [0.5, 0.6) is 0 Å². The summed E-state index contributed by atoms with van der Waals surface area (Å²) >= 11 is 1.76. The average Bonchev–Trinajstić information content (AvgIpc) is 2.97. The molecule has 0 radical (unpaired) electrons. The summed E-state index contributed by atoms with van der Waals surface area (Å²) in [7, 11) is 0. The van der Waals surface area contributed by atoms with Gasteiger partial charge >= 0.3 is 0 Å². The van der Waals surface area contributed by atoms with Gasteiger partial charge in [0.05, 0.1) is 5.00 Å². The van der Waals surface area contributed by atoms with Crippen molar-refractivity contribution < 1.29 is 0 Å². The third kappa shape index (κ3) is 2.35. The Morgan fingerprint density at radius 3 is 1.70 bits per heavy atom. The summed E-state index contributed by atoms with van der Waals surface area (Å²) in [5.74, 6) is 0. The number of thiophene rings is 1. The Hall–Kier alpha value is -2.06. The van der Waals surface area contributed by atoms with E-state index >= 15 is 0 Å². The fourth-order valence-corrected chi connectivity index (χ4v) is 3.15. The topological polar surface area (TPSA) is 3.24 Å². The maximum atomic E-state index is 2.34. The quantitative estimate of drug-likeness (QED) is 0.582. The molecule has 0 atom stereocenters. The van der Waals surface area contributed by atoms with Gasteiger partial charge in [0.1, 0.15) is 0 Å². The predicted molar refractivity (Wildman–Crippen MR) is 88.5 cm³/mol. The summed E-state index contributed by atoms with van der Waals surface area (Å²) in [6.07, 6.45) is 0. The Bertz CT molecular complexity index is 655. The van der Waals surface area contributed by atoms with Gasteiger partial charge in [0.2, 0.25) is 0 Å². The molecule has 3 rings (SSSR count). The zero-order valence-electron chi connectivity index (χ0n) is 11.7. The van der Waals surface area contributed by atoms with Crippen molar-refractivity contribution in [3.05, 3.63) is 77.2 Å². The van der Waals surface area contributed by atoms with Crippen molar-refractivity contribution in [2.24, 2.45) is 0 Å². The third-order valence-electron chi connectivity index (χ3n) is 3.44. The molecule has 0 aliphatic heterocycles. The van der Waals surface area contributed by atoms with Crippen LogP contribution in [-0.2, 0) is 0 Å². The fraction of sp³-hybridized carbons (Fsp3) is 0.111. The van der Waals surface area contributed by atoms with E-state index in [1.54, 1.807) is 11.3 Å². The first-order valence-corrected chi connectivity index (χ1v) is 7.60. The predicted octanol–water partition coefficient (Wildman–Crippen LogP) is 5.83. The van der Waals surface area contributed by atoms with Gasteiger partial charge in [-0.15, -0.1) is 11.3 Å². The van der Waals surface area contributed by atoms with Crippen molar-refractivity contribution in [2.75, 3.05) is 4.90 Å². The second-order valence-electron chi connectivity index (χ2n) is 4.86. The van der Waals surface area contributed by atoms with Crippen molar-refractivity contribution in [1.82, 2.24) is 0 Å². The molecule has 0 amide bonds. The van der Waals surface area contributed by atoms with Gasteiger partial charge in [0.15, 0.2) is 0 Å². The second-order valence-corrected chi connectivity index (χ2v) is 5.79. The number of para-hydroxylation sites is 2. The minimum absolute atomic E-state index is 1.24. The second kappa shape index (κ2) is 5.51. The van der Waals surface area contributed by atoms with Crippen LogP contribution in [0.15, 0.2) is 66.0 Å². The number of benzene rings is 2. The molecule has 100 valence electrons. The molecule has 2 heteroatoms. The smallest absolute Gasteiger partial charge is 0.0999 e. The molecule has 1 aromatic heterocycles. The molecule has 0 fully saturated rings. The lowest BCUT2D eigenvalue weighted by atomic mass is 10.1. The number of nitrogens with zero attached hydrogens (tertiary/aromatic N) is 1. The molecule has 0 unspecified atom stereocenters. The van der Waals surface area contributed by atoms with E-state index in [-0.39, 0.29) is 0 Å². The minimum atomic E-state index is 1.24. The minimum Gasteiger partial charge on any atom is -0.301 e. The third-order valence-corrected chi connectivity index (χ3v) is 4.29. The lowest BCUT2D eigenvalue weighted by Gasteiger charge is -2.26. The lowest BCUT2D eigenvalue weighted by Crippen LogP contribution is -2.11. The van der Waals surface area contributed by atoms with Crippen molar-refractivity contribution in [1.29, 1.82) is 0 Å². The van der Waals surface area contributed by atoms with E-state index in [9.17, 15) is 0 Å². The number of hydrogen-bond acceptors (Lipinski definition) is 2. The van der Waals surface area contributed by atoms with Crippen molar-refractivity contribution >= 4 is 27.7 Å². The van der Waals surface area contributed by atoms with Crippen molar-refractivity contribution in [2.45, 2.75) is 13.8 Å². The first kappa shape index (κ1) is 12.9. The van der Waals surface area contributed by atoms with Gasteiger partial charge in [0, 0.05) is 11.4 Å². The van der Waals surface area contributed by atoms with Crippen molar-refractivity contribution in [3.63, 3.8) is 0 Å². The fourth-order valence-electron chi connectivity index (χ4n) is 2.39. The molecular weight excluding hydrogens is 262 g/mol. The maximum Gasteiger partial charge on any atom is 0.0999 e. The standard InChI is InChI=1S/C18H17NS/c1-14-8-3-5-10-16(14)19(18-12-7-13-20-18)17-11-6-4-9-15(17)2/h3-13H,1-2H3. The summed E-state index contributed by atoms with van der Waals surface area (Å²) in [5.41, 5.74) is 5.04. The van der Waals surface area contributed by atoms with Crippen LogP contribution >= 0.6 is 11.3 Å². The summed E-state index contributed by atoms with van der Waals surface area (Å²) < 4.78 is 0. The van der Waals surface area contributed by atoms with Gasteiger partial charge in [-0.1, -0.05) is 36.4 Å². The molecule has 1 nitrogen and oxygen atoms in total. The SMILES string of the molecule is Cc1ccccc1N(c1cccs1)c1ccccc1C. The summed E-state index contributed by atoms with van der Waals surface area (Å²) in [4.78, 5) is 2.34. The lowest BCUT2D eigenvalue weighted by molar-refractivity contribution is 1.25. The van der Waals surface area contributed by atoms with E-state index < -0.39 is 0 Å². The highest BCUT2D eigenvalue weighted by Crippen LogP contribution is 2.39. The summed E-state index contributed by atoms with van der Waals surface area (Å²) in [6, 6.07) is 21.3. The van der Waals surface area contributed by atoms with E-state index in [1.165, 1.54) is 27.5 Å². The van der Waals surface area contributed by atoms with Crippen LogP contribution in [0.25, 0.3) is 0 Å². The van der Waals surface area contributed by atoms with Crippen LogP contribution in [0.4, 0.5) is 16.4 Å². The first-order valence-electron chi connectivity index (χ1n) is 6.72. The Morgan fingerprint density at radius 2 is 1.25 bits per heavy atom. The molecule has 2 aromatic carbocycles. The highest BCUT2D eigenvalue weighted by molar-refractivity contribution is 7.14. The van der Waals surface area contributed by atoms with Gasteiger partial charge in [-0.25, -0.2) is 0 Å². The molecule has 0 saturated carbocycles. The number of anilines is 3. The summed E-state index contributed by atoms with van der Waals surface area (Å²) in [5, 5.41) is 3.37. The van der Waals surface area contributed by atoms with E-state index in [4.69, 9.17) is 0 Å². The van der Waals surface area contributed by atoms with Gasteiger partial charge < -0.3 is 4.90 Å². The van der Waals surface area contributed by atoms with Crippen molar-refractivity contribution in [3.8, 4) is 0 Å². The summed E-state index contributed by atoms with van der Waals surface area (Å²) in [6.45, 7) is 4.32. The van der Waals surface area contributed by atoms with E-state index in [1.807, 2.05) is 0 Å². The highest BCUT2D eigenvalue weighted by atomic mass is 32.1. The van der Waals surface area contributed by atoms with Crippen LogP contribution < -0.4 is 4.90 Å². The normalized spacial score (nSPS) is 10.5. The van der Waals surface area contributed by atoms with E-state index in [0.717, 1.165) is 0 Å². The Balaban J connectivity index is 2.21. The van der Waals surface area contributed by atoms with Crippen LogP contribution in [0.3, 0.4) is 0 Å². The largest absolute Gasteiger partial charge is 0.301 e. The number of hydrogen-bond donors (Lipinski definition) is 0. The maximum absolute atomic E-state index is 2.34. The zero-order chi connectivity index (χ0) is 13.9. The van der Waals surface area contributed by atoms with E-state index in [0.29, 0.717) is 0 Å². The molecule has 0 aliphatic rings. The number of aryl methyl sites for hydroxylation is 2. The molecule has 0 spiro atoms. The molecule has 0 aliphatic carbocycles. The molecule has 0 N–H and O–H groups in total. The molecule has 0 bridgehead atoms. The average molecular weight is 279 g/mol. The van der Waals surface area contributed by atoms with Crippen LogP contribution in [0, 0.1) is 13.8 Å². The molecule has 1 heterocycles. The van der Waals surface area contributed by atoms with Gasteiger partial charge in [-0.2, -0.15) is 0 Å².